The predicted octanol–water partition coefficient (Wildman–Crippen LogP) is 3.08. The molecular formula is C23H29N3O2. The van der Waals surface area contributed by atoms with Crippen LogP contribution in [-0.4, -0.2) is 55.5 Å². The van der Waals surface area contributed by atoms with Gasteiger partial charge in [0, 0.05) is 37.3 Å². The second-order valence-electron chi connectivity index (χ2n) is 7.64. The van der Waals surface area contributed by atoms with E-state index in [1.54, 1.807) is 7.11 Å². The van der Waals surface area contributed by atoms with Crippen molar-refractivity contribution < 1.29 is 9.53 Å². The number of carbonyl (C=O) groups is 1. The van der Waals surface area contributed by atoms with E-state index >= 15 is 0 Å². The molecule has 2 aromatic rings. The average Bonchev–Trinajstić information content (AvgIpc) is 3.26. The maximum atomic E-state index is 13.4. The standard InChI is InChI=1S/C23H29N3O2/c1-28-22-10-3-2-9-20(22)21-16-24-11-14-26(21)23(27)19-8-6-7-18(15-19)17-25-12-4-5-13-25/h2-3,6-10,15,21,24H,4-5,11-14,16-17H2,1H3. The third kappa shape index (κ3) is 4.05. The van der Waals surface area contributed by atoms with Gasteiger partial charge in [0.2, 0.25) is 0 Å². The quantitative estimate of drug-likeness (QED) is 0.867. The molecule has 2 saturated heterocycles. The molecule has 2 aromatic carbocycles. The number of methoxy groups -OCH3 is 1. The fraction of sp³-hybridized carbons (Fsp3) is 0.435. The molecular weight excluding hydrogens is 350 g/mol. The smallest absolute Gasteiger partial charge is 0.254 e. The first-order chi connectivity index (χ1) is 13.8. The predicted molar refractivity (Wildman–Crippen MR) is 111 cm³/mol. The Morgan fingerprint density at radius 1 is 1.11 bits per heavy atom. The summed E-state index contributed by atoms with van der Waals surface area (Å²) in [6, 6.07) is 16.1. The van der Waals surface area contributed by atoms with E-state index in [-0.39, 0.29) is 11.9 Å². The lowest BCUT2D eigenvalue weighted by atomic mass is 10.0. The summed E-state index contributed by atoms with van der Waals surface area (Å²) in [6.07, 6.45) is 2.56. The number of benzene rings is 2. The Labute approximate surface area is 167 Å². The highest BCUT2D eigenvalue weighted by molar-refractivity contribution is 5.94. The van der Waals surface area contributed by atoms with Crippen molar-refractivity contribution in [1.29, 1.82) is 0 Å². The first kappa shape index (κ1) is 19.0. The van der Waals surface area contributed by atoms with Gasteiger partial charge in [0.1, 0.15) is 5.75 Å². The largest absolute Gasteiger partial charge is 0.496 e. The highest BCUT2D eigenvalue weighted by Gasteiger charge is 2.30. The molecule has 0 bridgehead atoms. The van der Waals surface area contributed by atoms with Gasteiger partial charge in [-0.1, -0.05) is 30.3 Å². The Morgan fingerprint density at radius 3 is 2.75 bits per heavy atom. The van der Waals surface area contributed by atoms with Crippen LogP contribution in [0, 0.1) is 0 Å². The first-order valence-corrected chi connectivity index (χ1v) is 10.2. The minimum Gasteiger partial charge on any atom is -0.496 e. The average molecular weight is 380 g/mol. The van der Waals surface area contributed by atoms with Crippen LogP contribution in [0.4, 0.5) is 0 Å². The number of nitrogens with one attached hydrogen (secondary N) is 1. The Morgan fingerprint density at radius 2 is 1.93 bits per heavy atom. The summed E-state index contributed by atoms with van der Waals surface area (Å²) >= 11 is 0. The molecule has 1 N–H and O–H groups in total. The Balaban J connectivity index is 1.57. The number of hydrogen-bond acceptors (Lipinski definition) is 4. The van der Waals surface area contributed by atoms with E-state index in [2.05, 4.69) is 28.4 Å². The number of rotatable bonds is 5. The lowest BCUT2D eigenvalue weighted by Crippen LogP contribution is -2.48. The molecule has 4 rings (SSSR count). The molecule has 0 radical (unpaired) electrons. The summed E-state index contributed by atoms with van der Waals surface area (Å²) in [4.78, 5) is 17.9. The minimum atomic E-state index is -0.0281. The van der Waals surface area contributed by atoms with Crippen LogP contribution < -0.4 is 10.1 Å². The number of nitrogens with zero attached hydrogens (tertiary/aromatic N) is 2. The molecule has 0 aromatic heterocycles. The van der Waals surface area contributed by atoms with Crippen molar-refractivity contribution in [2.45, 2.75) is 25.4 Å². The molecule has 0 saturated carbocycles. The Bertz CT molecular complexity index is 817. The molecule has 0 spiro atoms. The van der Waals surface area contributed by atoms with Crippen LogP contribution in [0.25, 0.3) is 0 Å². The van der Waals surface area contributed by atoms with Gasteiger partial charge in [-0.2, -0.15) is 0 Å². The number of amides is 1. The number of ether oxygens (including phenoxy) is 1. The molecule has 5 heteroatoms. The summed E-state index contributed by atoms with van der Waals surface area (Å²) < 4.78 is 5.55. The molecule has 5 nitrogen and oxygen atoms in total. The minimum absolute atomic E-state index is 0.0281. The molecule has 1 unspecified atom stereocenters. The maximum Gasteiger partial charge on any atom is 0.254 e. The summed E-state index contributed by atoms with van der Waals surface area (Å²) in [5.41, 5.74) is 3.05. The van der Waals surface area contributed by atoms with Gasteiger partial charge >= 0.3 is 0 Å². The van der Waals surface area contributed by atoms with Crippen LogP contribution in [0.5, 0.6) is 5.75 Å². The molecule has 148 valence electrons. The van der Waals surface area contributed by atoms with Crippen molar-refractivity contribution in [2.24, 2.45) is 0 Å². The van der Waals surface area contributed by atoms with Crippen molar-refractivity contribution in [3.05, 3.63) is 65.2 Å². The zero-order valence-corrected chi connectivity index (χ0v) is 16.6. The van der Waals surface area contributed by atoms with Gasteiger partial charge in [-0.25, -0.2) is 0 Å². The van der Waals surface area contributed by atoms with E-state index in [0.717, 1.165) is 49.6 Å². The van der Waals surface area contributed by atoms with Crippen LogP contribution in [-0.2, 0) is 6.54 Å². The Kier molecular flexibility index (Phi) is 5.93. The second kappa shape index (κ2) is 8.76. The lowest BCUT2D eigenvalue weighted by molar-refractivity contribution is 0.0631. The topological polar surface area (TPSA) is 44.8 Å². The van der Waals surface area contributed by atoms with Gasteiger partial charge < -0.3 is 15.0 Å². The molecule has 2 heterocycles. The van der Waals surface area contributed by atoms with Gasteiger partial charge in [-0.15, -0.1) is 0 Å². The molecule has 2 aliphatic heterocycles. The summed E-state index contributed by atoms with van der Waals surface area (Å²) in [7, 11) is 1.68. The fourth-order valence-corrected chi connectivity index (χ4v) is 4.33. The zero-order valence-electron chi connectivity index (χ0n) is 16.6. The molecule has 0 aliphatic carbocycles. The van der Waals surface area contributed by atoms with Gasteiger partial charge in [0.25, 0.3) is 5.91 Å². The molecule has 1 atom stereocenters. The Hall–Kier alpha value is -2.37. The number of piperazine rings is 1. The van der Waals surface area contributed by atoms with Crippen LogP contribution >= 0.6 is 0 Å². The van der Waals surface area contributed by atoms with E-state index in [4.69, 9.17) is 4.74 Å². The number of para-hydroxylation sites is 1. The maximum absolute atomic E-state index is 13.4. The highest BCUT2D eigenvalue weighted by atomic mass is 16.5. The van der Waals surface area contributed by atoms with Crippen LogP contribution in [0.1, 0.15) is 40.4 Å². The highest BCUT2D eigenvalue weighted by Crippen LogP contribution is 2.31. The SMILES string of the molecule is COc1ccccc1C1CNCCN1C(=O)c1cccc(CN2CCCC2)c1. The van der Waals surface area contributed by atoms with E-state index < -0.39 is 0 Å². The number of likely N-dealkylation sites (tertiary alicyclic amines) is 1. The molecule has 28 heavy (non-hydrogen) atoms. The zero-order chi connectivity index (χ0) is 19.3. The van der Waals surface area contributed by atoms with Crippen molar-refractivity contribution >= 4 is 5.91 Å². The molecule has 1 amide bonds. The van der Waals surface area contributed by atoms with Crippen LogP contribution in [0.15, 0.2) is 48.5 Å². The normalized spacial score (nSPS) is 20.3. The monoisotopic (exact) mass is 379 g/mol. The van der Waals surface area contributed by atoms with Gasteiger partial charge in [-0.3, -0.25) is 9.69 Å². The van der Waals surface area contributed by atoms with Crippen molar-refractivity contribution in [3.8, 4) is 5.75 Å². The summed E-state index contributed by atoms with van der Waals surface area (Å²) in [5.74, 6) is 0.928. The third-order valence-electron chi connectivity index (χ3n) is 5.78. The first-order valence-electron chi connectivity index (χ1n) is 10.2. The van der Waals surface area contributed by atoms with Gasteiger partial charge in [0.15, 0.2) is 0 Å². The third-order valence-corrected chi connectivity index (χ3v) is 5.78. The van der Waals surface area contributed by atoms with Crippen LogP contribution in [0.3, 0.4) is 0 Å². The number of carbonyl (C=O) groups excluding carboxylic acids is 1. The van der Waals surface area contributed by atoms with Gasteiger partial charge in [-0.05, 0) is 49.7 Å². The second-order valence-corrected chi connectivity index (χ2v) is 7.64. The number of hydrogen-bond donors (Lipinski definition) is 1. The van der Waals surface area contributed by atoms with Gasteiger partial charge in [0.05, 0.1) is 13.2 Å². The van der Waals surface area contributed by atoms with E-state index in [0.29, 0.717) is 6.54 Å². The summed E-state index contributed by atoms with van der Waals surface area (Å²) in [6.45, 7) is 5.48. The van der Waals surface area contributed by atoms with Crippen LogP contribution in [0.2, 0.25) is 0 Å². The molecule has 2 fully saturated rings. The van der Waals surface area contributed by atoms with Crippen molar-refractivity contribution in [1.82, 2.24) is 15.1 Å². The van der Waals surface area contributed by atoms with Crippen molar-refractivity contribution in [3.63, 3.8) is 0 Å². The van der Waals surface area contributed by atoms with E-state index in [1.165, 1.54) is 18.4 Å². The summed E-state index contributed by atoms with van der Waals surface area (Å²) in [5, 5.41) is 3.42. The molecule has 2 aliphatic rings. The van der Waals surface area contributed by atoms with E-state index in [9.17, 15) is 4.79 Å². The lowest BCUT2D eigenvalue weighted by Gasteiger charge is -2.37. The fourth-order valence-electron chi connectivity index (χ4n) is 4.33. The van der Waals surface area contributed by atoms with E-state index in [1.807, 2.05) is 35.2 Å². The van der Waals surface area contributed by atoms with Crippen molar-refractivity contribution in [2.75, 3.05) is 39.8 Å².